The number of hydrogen-bond donors (Lipinski definition) is 1. The fourth-order valence-electron chi connectivity index (χ4n) is 3.06. The van der Waals surface area contributed by atoms with Crippen molar-refractivity contribution in [2.24, 2.45) is 0 Å². The molecule has 0 aliphatic heterocycles. The lowest BCUT2D eigenvalue weighted by Gasteiger charge is -2.13. The van der Waals surface area contributed by atoms with Crippen LogP contribution in [0.25, 0.3) is 17.0 Å². The van der Waals surface area contributed by atoms with Crippen LogP contribution in [-0.4, -0.2) is 15.0 Å². The highest BCUT2D eigenvalue weighted by Crippen LogP contribution is 2.29. The number of hydrogen-bond acceptors (Lipinski definition) is 3. The van der Waals surface area contributed by atoms with Gasteiger partial charge in [0.15, 0.2) is 5.82 Å². The summed E-state index contributed by atoms with van der Waals surface area (Å²) in [6, 6.07) is 28.6. The minimum atomic E-state index is 0.629. The predicted octanol–water partition coefficient (Wildman–Crippen LogP) is 5.38. The molecule has 28 heavy (non-hydrogen) atoms. The summed E-state index contributed by atoms with van der Waals surface area (Å²) in [5.74, 6) is 0.835. The van der Waals surface area contributed by atoms with Gasteiger partial charge in [-0.2, -0.15) is 0 Å². The van der Waals surface area contributed by atoms with Crippen LogP contribution in [0.15, 0.2) is 91.5 Å². The lowest BCUT2D eigenvalue weighted by Crippen LogP contribution is -2.09. The zero-order valence-electron chi connectivity index (χ0n) is 15.8. The van der Waals surface area contributed by atoms with Crippen molar-refractivity contribution in [2.75, 3.05) is 5.32 Å². The summed E-state index contributed by atoms with van der Waals surface area (Å²) >= 11 is 0. The van der Waals surface area contributed by atoms with Gasteiger partial charge in [0.25, 0.3) is 0 Å². The molecule has 4 nitrogen and oxygen atoms in total. The molecular formula is C24H22N4. The Labute approximate surface area is 165 Å². The number of benzene rings is 3. The maximum absolute atomic E-state index is 4.47. The van der Waals surface area contributed by atoms with Gasteiger partial charge >= 0.3 is 0 Å². The van der Waals surface area contributed by atoms with Crippen molar-refractivity contribution < 1.29 is 0 Å². The third kappa shape index (κ3) is 3.86. The van der Waals surface area contributed by atoms with E-state index in [0.717, 1.165) is 33.9 Å². The first-order valence-corrected chi connectivity index (χ1v) is 9.26. The van der Waals surface area contributed by atoms with Gasteiger partial charge in [-0.3, -0.25) is 0 Å². The van der Waals surface area contributed by atoms with E-state index in [-0.39, 0.29) is 0 Å². The van der Waals surface area contributed by atoms with Gasteiger partial charge in [-0.25, -0.2) is 4.68 Å². The van der Waals surface area contributed by atoms with Crippen LogP contribution in [0.5, 0.6) is 0 Å². The number of nitrogens with zero attached hydrogens (tertiary/aromatic N) is 3. The Hall–Kier alpha value is -3.66. The third-order valence-electron chi connectivity index (χ3n) is 4.63. The van der Waals surface area contributed by atoms with Crippen LogP contribution in [0.3, 0.4) is 0 Å². The van der Waals surface area contributed by atoms with Crippen LogP contribution in [0.2, 0.25) is 0 Å². The summed E-state index contributed by atoms with van der Waals surface area (Å²) in [6.45, 7) is 6.92. The van der Waals surface area contributed by atoms with Gasteiger partial charge in [-0.15, -0.1) is 5.10 Å². The second kappa shape index (κ2) is 7.92. The highest BCUT2D eigenvalue weighted by atomic mass is 15.5. The van der Waals surface area contributed by atoms with Crippen LogP contribution >= 0.6 is 0 Å². The van der Waals surface area contributed by atoms with Gasteiger partial charge < -0.3 is 5.32 Å². The molecule has 1 heterocycles. The van der Waals surface area contributed by atoms with E-state index in [9.17, 15) is 0 Å². The van der Waals surface area contributed by atoms with Crippen molar-refractivity contribution in [2.45, 2.75) is 13.5 Å². The number of aromatic nitrogens is 3. The normalized spacial score (nSPS) is 10.6. The molecule has 4 aromatic rings. The fourth-order valence-corrected chi connectivity index (χ4v) is 3.06. The zero-order valence-corrected chi connectivity index (χ0v) is 15.8. The molecule has 1 N–H and O–H groups in total. The van der Waals surface area contributed by atoms with Crippen LogP contribution in [-0.2, 0) is 6.54 Å². The second-order valence-electron chi connectivity index (χ2n) is 6.77. The van der Waals surface area contributed by atoms with Crippen LogP contribution in [0.1, 0.15) is 16.7 Å². The number of nitrogens with one attached hydrogen (secondary N) is 1. The summed E-state index contributed by atoms with van der Waals surface area (Å²) in [5.41, 5.74) is 6.05. The molecule has 0 radical (unpaired) electrons. The van der Waals surface area contributed by atoms with Gasteiger partial charge in [0, 0.05) is 11.3 Å². The van der Waals surface area contributed by atoms with Gasteiger partial charge in [-0.05, 0) is 18.1 Å². The maximum atomic E-state index is 4.47. The minimum Gasteiger partial charge on any atom is -0.339 e. The molecule has 4 heteroatoms. The molecule has 0 amide bonds. The number of rotatable bonds is 6. The van der Waals surface area contributed by atoms with Crippen LogP contribution in [0, 0.1) is 6.92 Å². The third-order valence-corrected chi connectivity index (χ3v) is 4.63. The lowest BCUT2D eigenvalue weighted by molar-refractivity contribution is 0.657. The smallest absolute Gasteiger partial charge is 0.157 e. The molecule has 3 aromatic carbocycles. The minimum absolute atomic E-state index is 0.629. The topological polar surface area (TPSA) is 42.7 Å². The van der Waals surface area contributed by atoms with Gasteiger partial charge in [0.2, 0.25) is 0 Å². The molecule has 1 aromatic heterocycles. The predicted molar refractivity (Wildman–Crippen MR) is 115 cm³/mol. The van der Waals surface area contributed by atoms with E-state index in [0.29, 0.717) is 6.54 Å². The Morgan fingerprint density at radius 2 is 1.54 bits per heavy atom. The molecule has 0 bridgehead atoms. The van der Waals surface area contributed by atoms with E-state index in [2.05, 4.69) is 65.5 Å². The van der Waals surface area contributed by atoms with E-state index in [1.807, 2.05) is 53.2 Å². The zero-order chi connectivity index (χ0) is 19.3. The highest BCUT2D eigenvalue weighted by Gasteiger charge is 2.16. The largest absolute Gasteiger partial charge is 0.339 e. The first-order chi connectivity index (χ1) is 13.7. The SMILES string of the molecule is C=C(Nc1c(-c2ccc(C)cc2)nnn1Cc1ccccc1)c1ccccc1. The van der Waals surface area contributed by atoms with E-state index < -0.39 is 0 Å². The number of anilines is 1. The summed E-state index contributed by atoms with van der Waals surface area (Å²) in [4.78, 5) is 0. The van der Waals surface area contributed by atoms with E-state index >= 15 is 0 Å². The molecule has 0 unspecified atom stereocenters. The molecule has 0 aliphatic carbocycles. The molecule has 0 atom stereocenters. The number of aryl methyl sites for hydroxylation is 1. The Morgan fingerprint density at radius 1 is 0.893 bits per heavy atom. The molecule has 0 aliphatic rings. The van der Waals surface area contributed by atoms with Crippen molar-refractivity contribution in [3.05, 3.63) is 108 Å². The van der Waals surface area contributed by atoms with Crippen LogP contribution < -0.4 is 5.32 Å². The van der Waals surface area contributed by atoms with Crippen molar-refractivity contribution in [3.63, 3.8) is 0 Å². The first kappa shape index (κ1) is 17.7. The van der Waals surface area contributed by atoms with Gasteiger partial charge in [-0.1, -0.05) is 102 Å². The molecule has 0 fully saturated rings. The Morgan fingerprint density at radius 3 is 2.21 bits per heavy atom. The molecule has 138 valence electrons. The summed E-state index contributed by atoms with van der Waals surface area (Å²) in [7, 11) is 0. The van der Waals surface area contributed by atoms with E-state index in [4.69, 9.17) is 0 Å². The fraction of sp³-hybridized carbons (Fsp3) is 0.0833. The Balaban J connectivity index is 1.72. The molecule has 0 spiro atoms. The molecular weight excluding hydrogens is 344 g/mol. The van der Waals surface area contributed by atoms with Crippen molar-refractivity contribution in [3.8, 4) is 11.3 Å². The monoisotopic (exact) mass is 366 g/mol. The average molecular weight is 366 g/mol. The van der Waals surface area contributed by atoms with Gasteiger partial charge in [0.1, 0.15) is 5.69 Å². The quantitative estimate of drug-likeness (QED) is 0.498. The van der Waals surface area contributed by atoms with Crippen molar-refractivity contribution in [1.29, 1.82) is 0 Å². The summed E-state index contributed by atoms with van der Waals surface area (Å²) in [5, 5.41) is 12.3. The maximum Gasteiger partial charge on any atom is 0.157 e. The molecule has 0 saturated heterocycles. The molecule has 4 rings (SSSR count). The standard InChI is InChI=1S/C24H22N4/c1-18-13-15-22(16-14-18)23-24(25-19(2)21-11-7-4-8-12-21)28(27-26-23)17-20-9-5-3-6-10-20/h3-16,25H,2,17H2,1H3. The summed E-state index contributed by atoms with van der Waals surface area (Å²) < 4.78 is 1.89. The van der Waals surface area contributed by atoms with Gasteiger partial charge in [0.05, 0.1) is 6.54 Å². The lowest BCUT2D eigenvalue weighted by atomic mass is 10.1. The average Bonchev–Trinajstić information content (AvgIpc) is 3.12. The van der Waals surface area contributed by atoms with E-state index in [1.165, 1.54) is 5.56 Å². The van der Waals surface area contributed by atoms with Crippen LogP contribution in [0.4, 0.5) is 5.82 Å². The van der Waals surface area contributed by atoms with Crippen molar-refractivity contribution >= 4 is 11.5 Å². The highest BCUT2D eigenvalue weighted by molar-refractivity contribution is 5.81. The van der Waals surface area contributed by atoms with E-state index in [1.54, 1.807) is 0 Å². The Bertz CT molecular complexity index is 1060. The molecule has 0 saturated carbocycles. The Kier molecular flexibility index (Phi) is 5.02. The van der Waals surface area contributed by atoms with Crippen molar-refractivity contribution in [1.82, 2.24) is 15.0 Å². The summed E-state index contributed by atoms with van der Waals surface area (Å²) in [6.07, 6.45) is 0. The second-order valence-corrected chi connectivity index (χ2v) is 6.77. The first-order valence-electron chi connectivity index (χ1n) is 9.26.